The van der Waals surface area contributed by atoms with Gasteiger partial charge in [0.05, 0.1) is 5.69 Å². The molecule has 3 aromatic rings. The quantitative estimate of drug-likeness (QED) is 0.609. The zero-order valence-corrected chi connectivity index (χ0v) is 15.5. The van der Waals surface area contributed by atoms with Crippen molar-refractivity contribution < 1.29 is 9.90 Å². The van der Waals surface area contributed by atoms with Crippen LogP contribution >= 0.6 is 0 Å². The molecule has 1 atom stereocenters. The summed E-state index contributed by atoms with van der Waals surface area (Å²) in [6.07, 6.45) is 3.36. The Morgan fingerprint density at radius 2 is 1.85 bits per heavy atom. The average molecular weight is 363 g/mol. The highest BCUT2D eigenvalue weighted by Gasteiger charge is 2.14. The number of aryl methyl sites for hydroxylation is 1. The molecule has 0 bridgehead atoms. The third-order valence-electron chi connectivity index (χ3n) is 4.73. The van der Waals surface area contributed by atoms with Gasteiger partial charge in [0.25, 0.3) is 0 Å². The van der Waals surface area contributed by atoms with Crippen LogP contribution in [0, 0.1) is 0 Å². The average Bonchev–Trinajstić information content (AvgIpc) is 3.10. The fourth-order valence-corrected chi connectivity index (χ4v) is 3.29. The lowest BCUT2D eigenvalue weighted by Crippen LogP contribution is -2.31. The normalized spacial score (nSPS) is 12.0. The number of carbonyl (C=O) groups is 1. The van der Waals surface area contributed by atoms with E-state index in [2.05, 4.69) is 34.7 Å². The van der Waals surface area contributed by atoms with E-state index in [1.807, 2.05) is 48.1 Å². The molecule has 0 radical (unpaired) electrons. The van der Waals surface area contributed by atoms with E-state index in [9.17, 15) is 4.79 Å². The number of carboxylic acid groups (broad SMARTS) is 1. The van der Waals surface area contributed by atoms with Crippen molar-refractivity contribution in [2.45, 2.75) is 31.8 Å². The molecular formula is C22H25N3O2. The van der Waals surface area contributed by atoms with Crippen LogP contribution in [-0.4, -0.2) is 26.9 Å². The second-order valence-electron chi connectivity index (χ2n) is 6.70. The first-order chi connectivity index (χ1) is 13.1. The number of nitrogens with zero attached hydrogens (tertiary/aromatic N) is 2. The van der Waals surface area contributed by atoms with Gasteiger partial charge in [-0.1, -0.05) is 54.6 Å². The van der Waals surface area contributed by atoms with Crippen LogP contribution in [-0.2, 0) is 24.8 Å². The lowest BCUT2D eigenvalue weighted by molar-refractivity contribution is -0.137. The van der Waals surface area contributed by atoms with E-state index in [1.54, 1.807) is 6.20 Å². The second-order valence-corrected chi connectivity index (χ2v) is 6.70. The Labute approximate surface area is 159 Å². The van der Waals surface area contributed by atoms with Gasteiger partial charge in [-0.25, -0.2) is 0 Å². The molecule has 0 saturated carbocycles. The Kier molecular flexibility index (Phi) is 6.39. The Hall–Kier alpha value is -2.92. The molecule has 1 unspecified atom stereocenters. The highest BCUT2D eigenvalue weighted by atomic mass is 16.4. The van der Waals surface area contributed by atoms with E-state index < -0.39 is 5.97 Å². The summed E-state index contributed by atoms with van der Waals surface area (Å²) in [5, 5.41) is 16.9. The monoisotopic (exact) mass is 363 g/mol. The molecule has 1 aromatic heterocycles. The smallest absolute Gasteiger partial charge is 0.303 e. The van der Waals surface area contributed by atoms with Crippen molar-refractivity contribution in [1.29, 1.82) is 0 Å². The van der Waals surface area contributed by atoms with Crippen molar-refractivity contribution in [3.05, 3.63) is 78.0 Å². The predicted molar refractivity (Wildman–Crippen MR) is 106 cm³/mol. The minimum absolute atomic E-state index is 0.100. The van der Waals surface area contributed by atoms with Gasteiger partial charge in [0.15, 0.2) is 0 Å². The molecular weight excluding hydrogens is 338 g/mol. The van der Waals surface area contributed by atoms with Gasteiger partial charge in [-0.3, -0.25) is 9.48 Å². The molecule has 140 valence electrons. The van der Waals surface area contributed by atoms with Gasteiger partial charge in [-0.05, 0) is 30.0 Å². The van der Waals surface area contributed by atoms with Crippen molar-refractivity contribution in [2.24, 2.45) is 7.05 Å². The summed E-state index contributed by atoms with van der Waals surface area (Å²) in [7, 11) is 1.94. The van der Waals surface area contributed by atoms with E-state index in [-0.39, 0.29) is 12.5 Å². The molecule has 0 aliphatic heterocycles. The molecule has 1 heterocycles. The molecule has 3 rings (SSSR count). The van der Waals surface area contributed by atoms with Crippen molar-refractivity contribution in [2.75, 3.05) is 0 Å². The maximum Gasteiger partial charge on any atom is 0.303 e. The molecule has 27 heavy (non-hydrogen) atoms. The number of nitrogens with one attached hydrogen (secondary N) is 1. The summed E-state index contributed by atoms with van der Waals surface area (Å²) in [6, 6.07) is 20.5. The Balaban J connectivity index is 1.73. The molecule has 0 spiro atoms. The lowest BCUT2D eigenvalue weighted by Gasteiger charge is -2.19. The van der Waals surface area contributed by atoms with Crippen LogP contribution in [0.15, 0.2) is 66.9 Å². The molecule has 2 N–H and O–H groups in total. The Morgan fingerprint density at radius 1 is 1.11 bits per heavy atom. The third kappa shape index (κ3) is 5.28. The van der Waals surface area contributed by atoms with Crippen LogP contribution in [0.5, 0.6) is 0 Å². The first-order valence-corrected chi connectivity index (χ1v) is 9.19. The van der Waals surface area contributed by atoms with Crippen molar-refractivity contribution in [3.63, 3.8) is 0 Å². The Bertz CT molecular complexity index is 874. The summed E-state index contributed by atoms with van der Waals surface area (Å²) in [6.45, 7) is 0.679. The van der Waals surface area contributed by atoms with Crippen molar-refractivity contribution in [3.8, 4) is 11.3 Å². The zero-order chi connectivity index (χ0) is 19.1. The van der Waals surface area contributed by atoms with Gasteiger partial charge in [0, 0.05) is 37.8 Å². The molecule has 5 heteroatoms. The molecule has 5 nitrogen and oxygen atoms in total. The number of aliphatic carboxylic acids is 1. The molecule has 0 amide bonds. The summed E-state index contributed by atoms with van der Waals surface area (Å²) in [5.74, 6) is -0.759. The summed E-state index contributed by atoms with van der Waals surface area (Å²) < 4.78 is 1.87. The van der Waals surface area contributed by atoms with Gasteiger partial charge in [-0.2, -0.15) is 5.10 Å². The van der Waals surface area contributed by atoms with Crippen molar-refractivity contribution >= 4 is 5.97 Å². The molecule has 0 saturated heterocycles. The Morgan fingerprint density at radius 3 is 2.56 bits per heavy atom. The minimum Gasteiger partial charge on any atom is -0.481 e. The number of aromatic nitrogens is 2. The summed E-state index contributed by atoms with van der Waals surface area (Å²) >= 11 is 0. The van der Waals surface area contributed by atoms with E-state index in [1.165, 1.54) is 11.1 Å². The van der Waals surface area contributed by atoms with Crippen LogP contribution < -0.4 is 5.32 Å². The molecule has 0 fully saturated rings. The van der Waals surface area contributed by atoms with Crippen LogP contribution in [0.1, 0.15) is 24.0 Å². The second kappa shape index (κ2) is 9.14. The van der Waals surface area contributed by atoms with E-state index in [4.69, 9.17) is 5.11 Å². The standard InChI is InChI=1S/C22H25N3O2/c1-25-21(13-14-24-25)20-10-6-5-9-18(20)16-23-19(11-12-22(26)27)15-17-7-3-2-4-8-17/h2-10,13-14,19,23H,11-12,15-16H2,1H3,(H,26,27). The SMILES string of the molecule is Cn1nccc1-c1ccccc1CNC(CCC(=O)O)Cc1ccccc1. The van der Waals surface area contributed by atoms with E-state index in [0.29, 0.717) is 13.0 Å². The molecule has 2 aromatic carbocycles. The van der Waals surface area contributed by atoms with Gasteiger partial charge in [0.1, 0.15) is 0 Å². The number of hydrogen-bond donors (Lipinski definition) is 2. The fourth-order valence-electron chi connectivity index (χ4n) is 3.29. The largest absolute Gasteiger partial charge is 0.481 e. The maximum absolute atomic E-state index is 11.0. The number of hydrogen-bond acceptors (Lipinski definition) is 3. The maximum atomic E-state index is 11.0. The topological polar surface area (TPSA) is 67.2 Å². The van der Waals surface area contributed by atoms with Crippen molar-refractivity contribution in [1.82, 2.24) is 15.1 Å². The predicted octanol–water partition coefficient (Wildman–Crippen LogP) is 3.65. The van der Waals surface area contributed by atoms with E-state index >= 15 is 0 Å². The molecule has 0 aliphatic rings. The lowest BCUT2D eigenvalue weighted by atomic mass is 10.00. The summed E-state index contributed by atoms with van der Waals surface area (Å²) in [5.41, 5.74) is 4.59. The highest BCUT2D eigenvalue weighted by Crippen LogP contribution is 2.23. The first-order valence-electron chi connectivity index (χ1n) is 9.19. The number of carboxylic acids is 1. The number of rotatable bonds is 9. The first kappa shape index (κ1) is 18.9. The van der Waals surface area contributed by atoms with Crippen LogP contribution in [0.3, 0.4) is 0 Å². The highest BCUT2D eigenvalue weighted by molar-refractivity contribution is 5.66. The van der Waals surface area contributed by atoms with Gasteiger partial charge >= 0.3 is 5.97 Å². The minimum atomic E-state index is -0.759. The summed E-state index contributed by atoms with van der Waals surface area (Å²) in [4.78, 5) is 11.0. The number of benzene rings is 2. The third-order valence-corrected chi connectivity index (χ3v) is 4.73. The van der Waals surface area contributed by atoms with Crippen LogP contribution in [0.4, 0.5) is 0 Å². The molecule has 0 aliphatic carbocycles. The van der Waals surface area contributed by atoms with Gasteiger partial charge < -0.3 is 10.4 Å². The van der Waals surface area contributed by atoms with Gasteiger partial charge in [-0.15, -0.1) is 0 Å². The fraction of sp³-hybridized carbons (Fsp3) is 0.273. The van der Waals surface area contributed by atoms with Crippen LogP contribution in [0.25, 0.3) is 11.3 Å². The van der Waals surface area contributed by atoms with E-state index in [0.717, 1.165) is 17.7 Å². The van der Waals surface area contributed by atoms with Gasteiger partial charge in [0.2, 0.25) is 0 Å². The zero-order valence-electron chi connectivity index (χ0n) is 15.5. The van der Waals surface area contributed by atoms with Crippen LogP contribution in [0.2, 0.25) is 0 Å².